The summed E-state index contributed by atoms with van der Waals surface area (Å²) in [7, 11) is 0. The second-order valence-corrected chi connectivity index (χ2v) is 5.10. The predicted molar refractivity (Wildman–Crippen MR) is 88.1 cm³/mol. The molecule has 0 amide bonds. The fourth-order valence-corrected chi connectivity index (χ4v) is 2.27. The summed E-state index contributed by atoms with van der Waals surface area (Å²) in [6, 6.07) is 18.7. The molecule has 0 fully saturated rings. The van der Waals surface area contributed by atoms with Crippen molar-refractivity contribution >= 4 is 34.6 Å². The van der Waals surface area contributed by atoms with Gasteiger partial charge in [0.15, 0.2) is 21.8 Å². The van der Waals surface area contributed by atoms with Crippen LogP contribution in [0.2, 0.25) is 10.3 Å². The van der Waals surface area contributed by atoms with Gasteiger partial charge in [0.25, 0.3) is 0 Å². The van der Waals surface area contributed by atoms with Gasteiger partial charge in [-0.25, -0.2) is 9.97 Å². The molecule has 0 radical (unpaired) electrons. The summed E-state index contributed by atoms with van der Waals surface area (Å²) in [5.74, 6) is 0.453. The van der Waals surface area contributed by atoms with Crippen LogP contribution in [-0.2, 0) is 0 Å². The molecule has 0 N–H and O–H groups in total. The number of azo groups is 1. The van der Waals surface area contributed by atoms with Crippen LogP contribution in [0.15, 0.2) is 70.9 Å². The molecule has 6 heteroatoms. The molecule has 2 aromatic carbocycles. The summed E-state index contributed by atoms with van der Waals surface area (Å²) in [4.78, 5) is 8.47. The molecule has 3 aromatic rings. The van der Waals surface area contributed by atoms with E-state index in [-0.39, 0.29) is 16.0 Å². The third kappa shape index (κ3) is 3.30. The fourth-order valence-electron chi connectivity index (χ4n) is 1.80. The van der Waals surface area contributed by atoms with Crippen molar-refractivity contribution in [3.63, 3.8) is 0 Å². The molecule has 3 rings (SSSR count). The van der Waals surface area contributed by atoms with Crippen molar-refractivity contribution in [2.75, 3.05) is 0 Å². The number of benzene rings is 2. The first kappa shape index (κ1) is 14.6. The lowest BCUT2D eigenvalue weighted by atomic mass is 10.2. The Bertz CT molecular complexity index is 782. The van der Waals surface area contributed by atoms with Crippen LogP contribution in [0.1, 0.15) is 0 Å². The molecule has 0 aliphatic carbocycles. The maximum Gasteiger partial charge on any atom is 0.162 e. The number of aromatic nitrogens is 2. The van der Waals surface area contributed by atoms with Gasteiger partial charge in [0.2, 0.25) is 0 Å². The number of rotatable bonds is 3. The summed E-state index contributed by atoms with van der Waals surface area (Å²) in [5, 5.41) is 8.45. The number of hydrogen-bond acceptors (Lipinski definition) is 4. The van der Waals surface area contributed by atoms with Crippen LogP contribution in [-0.4, -0.2) is 9.97 Å². The lowest BCUT2D eigenvalue weighted by Gasteiger charge is -2.04. The highest BCUT2D eigenvalue weighted by Crippen LogP contribution is 2.33. The number of hydrogen-bond donors (Lipinski definition) is 0. The maximum absolute atomic E-state index is 6.16. The minimum absolute atomic E-state index is 0.165. The van der Waals surface area contributed by atoms with E-state index < -0.39 is 0 Å². The Morgan fingerprint density at radius 2 is 1.23 bits per heavy atom. The van der Waals surface area contributed by atoms with Crippen molar-refractivity contribution in [1.82, 2.24) is 9.97 Å². The van der Waals surface area contributed by atoms with E-state index in [0.717, 1.165) is 5.56 Å². The first-order valence-electron chi connectivity index (χ1n) is 6.49. The van der Waals surface area contributed by atoms with E-state index in [1.165, 1.54) is 0 Å². The lowest BCUT2D eigenvalue weighted by Crippen LogP contribution is -1.91. The quantitative estimate of drug-likeness (QED) is 0.446. The third-order valence-electron chi connectivity index (χ3n) is 2.85. The predicted octanol–water partition coefficient (Wildman–Crippen LogP) is 5.87. The molecule has 0 saturated carbocycles. The zero-order valence-electron chi connectivity index (χ0n) is 11.3. The number of nitrogens with zero attached hydrogens (tertiary/aromatic N) is 4. The van der Waals surface area contributed by atoms with Crippen LogP contribution in [0.4, 0.5) is 11.4 Å². The first-order chi connectivity index (χ1) is 10.7. The maximum atomic E-state index is 6.16. The van der Waals surface area contributed by atoms with Gasteiger partial charge in [-0.05, 0) is 12.1 Å². The van der Waals surface area contributed by atoms with Crippen LogP contribution in [0.3, 0.4) is 0 Å². The van der Waals surface area contributed by atoms with Crippen molar-refractivity contribution < 1.29 is 0 Å². The van der Waals surface area contributed by atoms with Gasteiger partial charge in [-0.1, -0.05) is 71.7 Å². The SMILES string of the molecule is Clc1nc(-c2ccccc2)nc(Cl)c1N=Nc1ccccc1. The molecule has 0 spiro atoms. The van der Waals surface area contributed by atoms with E-state index in [4.69, 9.17) is 23.2 Å². The Kier molecular flexibility index (Phi) is 4.42. The standard InChI is InChI=1S/C16H10Cl2N4/c17-14-13(22-21-12-9-5-2-6-10-12)15(18)20-16(19-14)11-7-3-1-4-8-11/h1-10H. The molecule has 1 heterocycles. The van der Waals surface area contributed by atoms with E-state index >= 15 is 0 Å². The van der Waals surface area contributed by atoms with Gasteiger partial charge in [-0.15, -0.1) is 5.11 Å². The van der Waals surface area contributed by atoms with Crippen molar-refractivity contribution in [2.24, 2.45) is 10.2 Å². The topological polar surface area (TPSA) is 50.5 Å². The summed E-state index contributed by atoms with van der Waals surface area (Å²) in [6.45, 7) is 0. The second-order valence-electron chi connectivity index (χ2n) is 4.38. The highest BCUT2D eigenvalue weighted by atomic mass is 35.5. The summed E-state index contributed by atoms with van der Waals surface area (Å²) < 4.78 is 0. The minimum atomic E-state index is 0.165. The van der Waals surface area contributed by atoms with Gasteiger partial charge in [0, 0.05) is 5.56 Å². The Hall–Kier alpha value is -2.30. The molecular weight excluding hydrogens is 319 g/mol. The van der Waals surface area contributed by atoms with Crippen molar-refractivity contribution in [3.05, 3.63) is 71.0 Å². The highest BCUT2D eigenvalue weighted by Gasteiger charge is 2.12. The average molecular weight is 329 g/mol. The molecule has 0 atom stereocenters. The Labute approximate surface area is 137 Å². The van der Waals surface area contributed by atoms with Gasteiger partial charge in [-0.2, -0.15) is 5.11 Å². The van der Waals surface area contributed by atoms with Crippen LogP contribution in [0.5, 0.6) is 0 Å². The molecule has 1 aromatic heterocycles. The van der Waals surface area contributed by atoms with Gasteiger partial charge in [-0.3, -0.25) is 0 Å². The normalized spacial score (nSPS) is 11.0. The second kappa shape index (κ2) is 6.64. The van der Waals surface area contributed by atoms with Gasteiger partial charge in [0.05, 0.1) is 5.69 Å². The molecule has 0 aliphatic heterocycles. The van der Waals surface area contributed by atoms with Gasteiger partial charge >= 0.3 is 0 Å². The molecule has 0 saturated heterocycles. The molecule has 0 bridgehead atoms. The lowest BCUT2D eigenvalue weighted by molar-refractivity contribution is 1.13. The van der Waals surface area contributed by atoms with Crippen LogP contribution in [0, 0.1) is 0 Å². The molecule has 4 nitrogen and oxygen atoms in total. The van der Waals surface area contributed by atoms with Crippen LogP contribution in [0.25, 0.3) is 11.4 Å². The van der Waals surface area contributed by atoms with Crippen molar-refractivity contribution in [1.29, 1.82) is 0 Å². The van der Waals surface area contributed by atoms with E-state index in [9.17, 15) is 0 Å². The van der Waals surface area contributed by atoms with E-state index in [0.29, 0.717) is 11.5 Å². The Morgan fingerprint density at radius 3 is 1.82 bits per heavy atom. The summed E-state index contributed by atoms with van der Waals surface area (Å²) in [5.41, 5.74) is 1.78. The summed E-state index contributed by atoms with van der Waals surface area (Å²) in [6.07, 6.45) is 0. The number of halogens is 2. The first-order valence-corrected chi connectivity index (χ1v) is 7.25. The highest BCUT2D eigenvalue weighted by molar-refractivity contribution is 6.37. The molecular formula is C16H10Cl2N4. The molecule has 108 valence electrons. The molecule has 0 aliphatic rings. The van der Waals surface area contributed by atoms with E-state index in [2.05, 4.69) is 20.2 Å². The largest absolute Gasteiger partial charge is 0.214 e. The van der Waals surface area contributed by atoms with Crippen LogP contribution >= 0.6 is 23.2 Å². The van der Waals surface area contributed by atoms with Gasteiger partial charge < -0.3 is 0 Å². The Morgan fingerprint density at radius 1 is 0.682 bits per heavy atom. The molecule has 22 heavy (non-hydrogen) atoms. The third-order valence-corrected chi connectivity index (χ3v) is 3.38. The monoisotopic (exact) mass is 328 g/mol. The zero-order chi connectivity index (χ0) is 15.4. The molecule has 0 unspecified atom stereocenters. The van der Waals surface area contributed by atoms with E-state index in [1.54, 1.807) is 0 Å². The smallest absolute Gasteiger partial charge is 0.162 e. The zero-order valence-corrected chi connectivity index (χ0v) is 12.8. The fraction of sp³-hybridized carbons (Fsp3) is 0. The Balaban J connectivity index is 1.95. The summed E-state index contributed by atoms with van der Waals surface area (Å²) >= 11 is 12.3. The van der Waals surface area contributed by atoms with Crippen LogP contribution < -0.4 is 0 Å². The van der Waals surface area contributed by atoms with Gasteiger partial charge in [0.1, 0.15) is 0 Å². The van der Waals surface area contributed by atoms with Crippen molar-refractivity contribution in [2.45, 2.75) is 0 Å². The average Bonchev–Trinajstić information content (AvgIpc) is 2.56. The minimum Gasteiger partial charge on any atom is -0.214 e. The van der Waals surface area contributed by atoms with Crippen molar-refractivity contribution in [3.8, 4) is 11.4 Å². The van der Waals surface area contributed by atoms with E-state index in [1.807, 2.05) is 60.7 Å².